The summed E-state index contributed by atoms with van der Waals surface area (Å²) in [7, 11) is 1.44. The molecule has 1 fully saturated rings. The van der Waals surface area contributed by atoms with E-state index in [0.29, 0.717) is 20.7 Å². The van der Waals surface area contributed by atoms with Crippen LogP contribution in [0.3, 0.4) is 0 Å². The lowest BCUT2D eigenvalue weighted by molar-refractivity contribution is -0.115. The summed E-state index contributed by atoms with van der Waals surface area (Å²) in [6.07, 6.45) is 1.62. The lowest BCUT2D eigenvalue weighted by Crippen LogP contribution is -2.18. The van der Waals surface area contributed by atoms with Crippen molar-refractivity contribution in [2.75, 3.05) is 7.11 Å². The molecule has 1 amide bonds. The van der Waals surface area contributed by atoms with Crippen LogP contribution in [0, 0.1) is 5.41 Å². The number of benzene rings is 2. The van der Waals surface area contributed by atoms with E-state index in [1.54, 1.807) is 42.5 Å². The zero-order valence-electron chi connectivity index (χ0n) is 13.8. The SMILES string of the molecule is COc1cc(/C=C2\SC(=N)NC2=O)cc(Br)c1OC(=O)c1ccccc1Cl. The van der Waals surface area contributed by atoms with Gasteiger partial charge in [-0.2, -0.15) is 0 Å². The van der Waals surface area contributed by atoms with Gasteiger partial charge in [-0.15, -0.1) is 0 Å². The average Bonchev–Trinajstić information content (AvgIpc) is 2.94. The molecule has 0 aliphatic carbocycles. The van der Waals surface area contributed by atoms with Crippen LogP contribution < -0.4 is 14.8 Å². The van der Waals surface area contributed by atoms with Gasteiger partial charge in [0.25, 0.3) is 5.91 Å². The Labute approximate surface area is 172 Å². The van der Waals surface area contributed by atoms with Crippen molar-refractivity contribution in [1.29, 1.82) is 5.41 Å². The van der Waals surface area contributed by atoms with Crippen molar-refractivity contribution in [3.8, 4) is 11.5 Å². The molecule has 1 aliphatic heterocycles. The molecule has 27 heavy (non-hydrogen) atoms. The minimum absolute atomic E-state index is 0.0718. The van der Waals surface area contributed by atoms with Gasteiger partial charge in [0.05, 0.1) is 27.1 Å². The van der Waals surface area contributed by atoms with E-state index in [2.05, 4.69) is 21.2 Å². The third-order valence-corrected chi connectivity index (χ3v) is 5.25. The molecule has 2 aromatic carbocycles. The molecule has 1 heterocycles. The molecule has 0 unspecified atom stereocenters. The van der Waals surface area contributed by atoms with Crippen molar-refractivity contribution >= 4 is 62.4 Å². The number of thioether (sulfide) groups is 1. The van der Waals surface area contributed by atoms with Gasteiger partial charge in [0, 0.05) is 0 Å². The summed E-state index contributed by atoms with van der Waals surface area (Å²) in [5.41, 5.74) is 0.875. The number of nitrogens with one attached hydrogen (secondary N) is 2. The zero-order chi connectivity index (χ0) is 19.6. The highest BCUT2D eigenvalue weighted by Gasteiger charge is 2.23. The van der Waals surface area contributed by atoms with Gasteiger partial charge in [-0.3, -0.25) is 10.2 Å². The van der Waals surface area contributed by atoms with E-state index in [1.807, 2.05) is 0 Å². The predicted molar refractivity (Wildman–Crippen MR) is 109 cm³/mol. The molecule has 2 aromatic rings. The molecule has 1 saturated heterocycles. The second-order valence-corrected chi connectivity index (χ2v) is 7.61. The summed E-state index contributed by atoms with van der Waals surface area (Å²) >= 11 is 10.4. The van der Waals surface area contributed by atoms with Crippen LogP contribution in [0.4, 0.5) is 0 Å². The second-order valence-electron chi connectivity index (χ2n) is 5.30. The molecule has 0 atom stereocenters. The van der Waals surface area contributed by atoms with Crippen molar-refractivity contribution in [3.05, 3.63) is 61.9 Å². The molecule has 9 heteroatoms. The molecule has 6 nitrogen and oxygen atoms in total. The van der Waals surface area contributed by atoms with Gasteiger partial charge < -0.3 is 14.8 Å². The van der Waals surface area contributed by atoms with Crippen molar-refractivity contribution in [1.82, 2.24) is 5.32 Å². The second kappa shape index (κ2) is 8.16. The minimum Gasteiger partial charge on any atom is -0.493 e. The monoisotopic (exact) mass is 466 g/mol. The fourth-order valence-electron chi connectivity index (χ4n) is 2.29. The number of hydrogen-bond donors (Lipinski definition) is 2. The summed E-state index contributed by atoms with van der Waals surface area (Å²) in [5, 5.41) is 10.3. The third kappa shape index (κ3) is 4.35. The highest BCUT2D eigenvalue weighted by Crippen LogP contribution is 2.38. The number of rotatable bonds is 4. The molecule has 2 N–H and O–H groups in total. The molecule has 0 bridgehead atoms. The first-order valence-corrected chi connectivity index (χ1v) is 9.51. The highest BCUT2D eigenvalue weighted by atomic mass is 79.9. The van der Waals surface area contributed by atoms with Gasteiger partial charge in [0.2, 0.25) is 0 Å². The number of methoxy groups -OCH3 is 1. The van der Waals surface area contributed by atoms with Crippen LogP contribution in [-0.4, -0.2) is 24.2 Å². The van der Waals surface area contributed by atoms with Crippen LogP contribution in [0.25, 0.3) is 6.08 Å². The summed E-state index contributed by atoms with van der Waals surface area (Å²) in [6, 6.07) is 9.88. The third-order valence-electron chi connectivity index (χ3n) is 3.50. The first kappa shape index (κ1) is 19.5. The predicted octanol–water partition coefficient (Wildman–Crippen LogP) is 4.47. The molecular weight excluding hydrogens is 456 g/mol. The van der Waals surface area contributed by atoms with E-state index in [4.69, 9.17) is 26.5 Å². The van der Waals surface area contributed by atoms with Crippen LogP contribution in [0.1, 0.15) is 15.9 Å². The Bertz CT molecular complexity index is 993. The maximum Gasteiger partial charge on any atom is 0.345 e. The molecular formula is C18H12BrClN2O4S. The van der Waals surface area contributed by atoms with E-state index in [0.717, 1.165) is 11.8 Å². The summed E-state index contributed by atoms with van der Waals surface area (Å²) < 4.78 is 11.3. The van der Waals surface area contributed by atoms with Crippen LogP contribution in [-0.2, 0) is 4.79 Å². The Morgan fingerprint density at radius 1 is 1.33 bits per heavy atom. The first-order valence-electron chi connectivity index (χ1n) is 7.52. The Balaban J connectivity index is 1.92. The van der Waals surface area contributed by atoms with Gasteiger partial charge >= 0.3 is 5.97 Å². The van der Waals surface area contributed by atoms with Crippen LogP contribution in [0.2, 0.25) is 5.02 Å². The minimum atomic E-state index is -0.620. The molecule has 0 radical (unpaired) electrons. The quantitative estimate of drug-likeness (QED) is 0.393. The number of halogens is 2. The van der Waals surface area contributed by atoms with E-state index in [9.17, 15) is 9.59 Å². The molecule has 138 valence electrons. The van der Waals surface area contributed by atoms with E-state index in [-0.39, 0.29) is 27.4 Å². The van der Waals surface area contributed by atoms with Gasteiger partial charge in [-0.1, -0.05) is 23.7 Å². The van der Waals surface area contributed by atoms with Crippen molar-refractivity contribution in [2.45, 2.75) is 0 Å². The van der Waals surface area contributed by atoms with Crippen LogP contribution in [0.5, 0.6) is 11.5 Å². The Hall–Kier alpha value is -2.29. The molecule has 1 aliphatic rings. The van der Waals surface area contributed by atoms with E-state index < -0.39 is 5.97 Å². The van der Waals surface area contributed by atoms with Gasteiger partial charge in [0.1, 0.15) is 0 Å². The summed E-state index contributed by atoms with van der Waals surface area (Å²) in [5.74, 6) is -0.463. The molecule has 0 aromatic heterocycles. The van der Waals surface area contributed by atoms with Gasteiger partial charge in [-0.25, -0.2) is 4.79 Å². The maximum atomic E-state index is 12.4. The standard InChI is InChI=1S/C18H12BrClN2O4S/c1-25-13-7-9(8-14-16(23)22-18(21)27-14)6-11(19)15(13)26-17(24)10-4-2-3-5-12(10)20/h2-8H,1H3,(H2,21,22,23)/b14-8-. The zero-order valence-corrected chi connectivity index (χ0v) is 17.0. The maximum absolute atomic E-state index is 12.4. The fourth-order valence-corrected chi connectivity index (χ4v) is 3.75. The highest BCUT2D eigenvalue weighted by molar-refractivity contribution is 9.10. The van der Waals surface area contributed by atoms with Crippen molar-refractivity contribution in [2.24, 2.45) is 0 Å². The number of hydrogen-bond acceptors (Lipinski definition) is 6. The number of carbonyl (C=O) groups is 2. The van der Waals surface area contributed by atoms with E-state index in [1.165, 1.54) is 7.11 Å². The lowest BCUT2D eigenvalue weighted by Gasteiger charge is -2.13. The molecule has 0 spiro atoms. The number of ether oxygens (including phenoxy) is 2. The number of amidine groups is 1. The van der Waals surface area contributed by atoms with Crippen molar-refractivity contribution < 1.29 is 19.1 Å². The Morgan fingerprint density at radius 3 is 2.70 bits per heavy atom. The van der Waals surface area contributed by atoms with Gasteiger partial charge in [-0.05, 0) is 63.6 Å². The smallest absolute Gasteiger partial charge is 0.345 e. The van der Waals surface area contributed by atoms with Crippen molar-refractivity contribution in [3.63, 3.8) is 0 Å². The average molecular weight is 468 g/mol. The molecule has 0 saturated carbocycles. The first-order chi connectivity index (χ1) is 12.9. The van der Waals surface area contributed by atoms with Gasteiger partial charge in [0.15, 0.2) is 16.7 Å². The number of esters is 1. The normalized spacial score (nSPS) is 15.0. The van der Waals surface area contributed by atoms with Crippen LogP contribution >= 0.6 is 39.3 Å². The Morgan fingerprint density at radius 2 is 2.07 bits per heavy atom. The number of amides is 1. The number of carbonyl (C=O) groups excluding carboxylic acids is 2. The summed E-state index contributed by atoms with van der Waals surface area (Å²) in [4.78, 5) is 24.6. The molecule has 3 rings (SSSR count). The fraction of sp³-hybridized carbons (Fsp3) is 0.0556. The largest absolute Gasteiger partial charge is 0.493 e. The summed E-state index contributed by atoms with van der Waals surface area (Å²) in [6.45, 7) is 0. The van der Waals surface area contributed by atoms with E-state index >= 15 is 0 Å². The topological polar surface area (TPSA) is 88.5 Å². The lowest BCUT2D eigenvalue weighted by atomic mass is 10.1. The Kier molecular flexibility index (Phi) is 5.88. The van der Waals surface area contributed by atoms with Crippen LogP contribution in [0.15, 0.2) is 45.8 Å².